The summed E-state index contributed by atoms with van der Waals surface area (Å²) in [5.41, 5.74) is 0. The Morgan fingerprint density at radius 3 is 1.78 bits per heavy atom. The molecule has 266 valence electrons. The second-order valence-corrected chi connectivity index (χ2v) is 15.0. The first kappa shape index (κ1) is 44.0. The van der Waals surface area contributed by atoms with Gasteiger partial charge in [0.05, 0.1) is 39.9 Å². The topological polar surface area (TPSA) is 108 Å². The van der Waals surface area contributed by atoms with E-state index in [1.807, 2.05) is 27.2 Å². The lowest BCUT2D eigenvalue weighted by Crippen LogP contribution is -2.45. The molecule has 2 N–H and O–H groups in total. The molecule has 0 aromatic carbocycles. The Bertz CT molecular complexity index is 799. The summed E-state index contributed by atoms with van der Waals surface area (Å²) in [6.07, 6.45) is 31.4. The number of hydrogen-bond donors (Lipinski definition) is 2. The van der Waals surface area contributed by atoms with Crippen molar-refractivity contribution >= 4 is 13.7 Å². The van der Waals surface area contributed by atoms with E-state index in [0.717, 1.165) is 38.5 Å². The van der Waals surface area contributed by atoms with E-state index in [2.05, 4.69) is 31.3 Å². The van der Waals surface area contributed by atoms with Crippen LogP contribution in [0.3, 0.4) is 0 Å². The van der Waals surface area contributed by atoms with E-state index < -0.39 is 20.0 Å². The zero-order chi connectivity index (χ0) is 33.7. The van der Waals surface area contributed by atoms with E-state index >= 15 is 0 Å². The summed E-state index contributed by atoms with van der Waals surface area (Å²) in [6.45, 7) is 4.46. The van der Waals surface area contributed by atoms with Crippen molar-refractivity contribution in [2.75, 3.05) is 40.9 Å². The molecule has 0 saturated carbocycles. The van der Waals surface area contributed by atoms with Gasteiger partial charge < -0.3 is 28.8 Å². The van der Waals surface area contributed by atoms with Gasteiger partial charge in [-0.15, -0.1) is 0 Å². The highest BCUT2D eigenvalue weighted by molar-refractivity contribution is 7.45. The number of carbonyl (C=O) groups is 1. The second-order valence-electron chi connectivity index (χ2n) is 13.6. The molecule has 45 heavy (non-hydrogen) atoms. The molecule has 0 aliphatic rings. The lowest BCUT2D eigenvalue weighted by atomic mass is 10.0. The monoisotopic (exact) mass is 659 g/mol. The number of carbonyl (C=O) groups excluding carboxylic acids is 1. The van der Waals surface area contributed by atoms with E-state index in [9.17, 15) is 19.4 Å². The Balaban J connectivity index is 4.16. The lowest BCUT2D eigenvalue weighted by Gasteiger charge is -2.29. The molecule has 0 aliphatic heterocycles. The highest BCUT2D eigenvalue weighted by Crippen LogP contribution is 2.38. The molecule has 0 bridgehead atoms. The SMILES string of the molecule is CCCC/C=C/C(O)C(COP(=O)([O-])OCC[N+](C)(C)C)NC(=O)CCCCCCCCCCC/C=C\CCCCCCCC. The van der Waals surface area contributed by atoms with Gasteiger partial charge in [0.15, 0.2) is 0 Å². The summed E-state index contributed by atoms with van der Waals surface area (Å²) in [5, 5.41) is 13.4. The Labute approximate surface area is 277 Å². The van der Waals surface area contributed by atoms with Crippen molar-refractivity contribution in [3.8, 4) is 0 Å². The number of quaternary nitrogens is 1. The summed E-state index contributed by atoms with van der Waals surface area (Å²) in [7, 11) is 1.25. The zero-order valence-electron chi connectivity index (χ0n) is 29.8. The number of phosphoric acid groups is 1. The smallest absolute Gasteiger partial charge is 0.268 e. The minimum absolute atomic E-state index is 0.00221. The number of unbranched alkanes of at least 4 members (excludes halogenated alkanes) is 17. The zero-order valence-corrected chi connectivity index (χ0v) is 30.7. The van der Waals surface area contributed by atoms with Gasteiger partial charge in [0.1, 0.15) is 13.2 Å². The van der Waals surface area contributed by atoms with Crippen LogP contribution in [0.15, 0.2) is 24.3 Å². The molecule has 3 unspecified atom stereocenters. The van der Waals surface area contributed by atoms with Gasteiger partial charge in [0.2, 0.25) is 5.91 Å². The highest BCUT2D eigenvalue weighted by atomic mass is 31.2. The fraction of sp³-hybridized carbons (Fsp3) is 0.861. The van der Waals surface area contributed by atoms with Crippen molar-refractivity contribution in [2.45, 2.75) is 161 Å². The number of allylic oxidation sites excluding steroid dienone is 3. The minimum atomic E-state index is -4.56. The number of aliphatic hydroxyl groups excluding tert-OH is 1. The Hall–Kier alpha value is -1.02. The number of aliphatic hydroxyl groups is 1. The molecule has 0 rings (SSSR count). The maximum Gasteiger partial charge on any atom is 0.268 e. The van der Waals surface area contributed by atoms with E-state index in [1.165, 1.54) is 89.9 Å². The molecule has 0 saturated heterocycles. The average molecular weight is 659 g/mol. The van der Waals surface area contributed by atoms with Gasteiger partial charge in [-0.25, -0.2) is 0 Å². The molecule has 8 nitrogen and oxygen atoms in total. The third-order valence-corrected chi connectivity index (χ3v) is 8.87. The van der Waals surface area contributed by atoms with E-state index in [4.69, 9.17) is 9.05 Å². The Kier molecular flexibility index (Phi) is 28.5. The van der Waals surface area contributed by atoms with Gasteiger partial charge in [0.25, 0.3) is 7.82 Å². The minimum Gasteiger partial charge on any atom is -0.756 e. The average Bonchev–Trinajstić information content (AvgIpc) is 2.97. The number of nitrogens with one attached hydrogen (secondary N) is 1. The maximum absolute atomic E-state index is 12.6. The van der Waals surface area contributed by atoms with Gasteiger partial charge >= 0.3 is 0 Å². The summed E-state index contributed by atoms with van der Waals surface area (Å²) in [5.74, 6) is -0.211. The largest absolute Gasteiger partial charge is 0.756 e. The molecule has 9 heteroatoms. The molecule has 1 amide bonds. The van der Waals surface area contributed by atoms with E-state index in [1.54, 1.807) is 6.08 Å². The summed E-state index contributed by atoms with van der Waals surface area (Å²) in [4.78, 5) is 24.9. The predicted octanol–water partition coefficient (Wildman–Crippen LogP) is 8.38. The molecule has 0 aromatic heterocycles. The third kappa shape index (κ3) is 31.4. The summed E-state index contributed by atoms with van der Waals surface area (Å²) < 4.78 is 22.8. The molecule has 0 aliphatic carbocycles. The molecule has 3 atom stereocenters. The van der Waals surface area contributed by atoms with Crippen LogP contribution in [0.1, 0.15) is 149 Å². The summed E-state index contributed by atoms with van der Waals surface area (Å²) >= 11 is 0. The highest BCUT2D eigenvalue weighted by Gasteiger charge is 2.23. The fourth-order valence-electron chi connectivity index (χ4n) is 4.90. The molecule has 0 aromatic rings. The van der Waals surface area contributed by atoms with Gasteiger partial charge in [-0.05, 0) is 38.5 Å². The molecule has 0 fully saturated rings. The van der Waals surface area contributed by atoms with Crippen molar-refractivity contribution in [1.82, 2.24) is 5.32 Å². The van der Waals surface area contributed by atoms with Crippen LogP contribution in [0, 0.1) is 0 Å². The molecule has 0 spiro atoms. The van der Waals surface area contributed by atoms with Crippen LogP contribution in [0.4, 0.5) is 0 Å². The van der Waals surface area contributed by atoms with Crippen LogP contribution in [0.2, 0.25) is 0 Å². The first-order valence-corrected chi connectivity index (χ1v) is 19.7. The normalized spacial score (nSPS) is 15.1. The quantitative estimate of drug-likeness (QED) is 0.0325. The fourth-order valence-corrected chi connectivity index (χ4v) is 5.62. The second kappa shape index (κ2) is 29.1. The number of amides is 1. The van der Waals surface area contributed by atoms with Crippen LogP contribution >= 0.6 is 7.82 Å². The van der Waals surface area contributed by atoms with Crippen LogP contribution < -0.4 is 10.2 Å². The number of nitrogens with zero attached hydrogens (tertiary/aromatic N) is 1. The molecular formula is C36H71N2O6P. The lowest BCUT2D eigenvalue weighted by molar-refractivity contribution is -0.870. The van der Waals surface area contributed by atoms with Crippen LogP contribution in [0.25, 0.3) is 0 Å². The molecule has 0 radical (unpaired) electrons. The van der Waals surface area contributed by atoms with Gasteiger partial charge in [-0.1, -0.05) is 128 Å². The van der Waals surface area contributed by atoms with Crippen molar-refractivity contribution in [3.63, 3.8) is 0 Å². The van der Waals surface area contributed by atoms with Crippen molar-refractivity contribution < 1.29 is 32.9 Å². The summed E-state index contributed by atoms with van der Waals surface area (Å²) in [6, 6.07) is -0.879. The van der Waals surface area contributed by atoms with Gasteiger partial charge in [-0.3, -0.25) is 9.36 Å². The molecular weight excluding hydrogens is 587 g/mol. The third-order valence-electron chi connectivity index (χ3n) is 7.91. The predicted molar refractivity (Wildman–Crippen MR) is 187 cm³/mol. The van der Waals surface area contributed by atoms with Crippen LogP contribution in [0.5, 0.6) is 0 Å². The first-order valence-electron chi connectivity index (χ1n) is 18.2. The number of likely N-dealkylation sites (N-methyl/N-ethyl adjacent to an activating group) is 1. The van der Waals surface area contributed by atoms with Crippen molar-refractivity contribution in [1.29, 1.82) is 0 Å². The van der Waals surface area contributed by atoms with Crippen molar-refractivity contribution in [2.24, 2.45) is 0 Å². The number of phosphoric ester groups is 1. The van der Waals surface area contributed by atoms with Crippen LogP contribution in [-0.4, -0.2) is 68.5 Å². The Morgan fingerprint density at radius 2 is 1.24 bits per heavy atom. The maximum atomic E-state index is 12.6. The first-order chi connectivity index (χ1) is 21.5. The van der Waals surface area contributed by atoms with Crippen molar-refractivity contribution in [3.05, 3.63) is 24.3 Å². The van der Waals surface area contributed by atoms with Crippen LogP contribution in [-0.2, 0) is 18.4 Å². The van der Waals surface area contributed by atoms with E-state index in [-0.39, 0.29) is 19.1 Å². The van der Waals surface area contributed by atoms with E-state index in [0.29, 0.717) is 17.4 Å². The Morgan fingerprint density at radius 1 is 0.756 bits per heavy atom. The van der Waals surface area contributed by atoms with Gasteiger partial charge in [0, 0.05) is 6.42 Å². The standard InChI is InChI=1S/C36H71N2O6P/c1-6-8-10-12-13-14-15-16-17-18-19-20-21-22-23-24-25-26-28-30-36(40)37-34(35(39)29-27-11-9-7-2)33-44-45(41,42)43-32-31-38(3,4)5/h16-17,27,29,34-35,39H,6-15,18-26,28,30-33H2,1-5H3,(H-,37,40,41,42)/b17-16-,29-27+. The molecule has 0 heterocycles. The number of rotatable bonds is 32. The number of hydrogen-bond acceptors (Lipinski definition) is 6. The van der Waals surface area contributed by atoms with Gasteiger partial charge in [-0.2, -0.15) is 0 Å².